The van der Waals surface area contributed by atoms with Crippen LogP contribution >= 0.6 is 11.3 Å². The Kier molecular flexibility index (Phi) is 6.12. The molecule has 0 bridgehead atoms. The highest BCUT2D eigenvalue weighted by Gasteiger charge is 2.25. The molecule has 0 saturated carbocycles. The Bertz CT molecular complexity index is 843. The predicted octanol–water partition coefficient (Wildman–Crippen LogP) is 2.76. The van der Waals surface area contributed by atoms with Gasteiger partial charge in [-0.2, -0.15) is 0 Å². The normalized spacial score (nSPS) is 17.6. The fourth-order valence-corrected chi connectivity index (χ4v) is 3.93. The molecule has 9 heteroatoms. The Balaban J connectivity index is 1.61. The van der Waals surface area contributed by atoms with Gasteiger partial charge < -0.3 is 11.1 Å². The molecule has 2 heterocycles. The molecule has 1 aromatic heterocycles. The molecule has 0 radical (unpaired) electrons. The van der Waals surface area contributed by atoms with Crippen molar-refractivity contribution in [1.82, 2.24) is 9.88 Å². The maximum absolute atomic E-state index is 13.4. The summed E-state index contributed by atoms with van der Waals surface area (Å²) in [5.41, 5.74) is 6.18. The van der Waals surface area contributed by atoms with Crippen LogP contribution in [0.25, 0.3) is 11.3 Å². The number of hydrogen-bond donors (Lipinski definition) is 2. The number of carbonyl (C=O) groups is 2. The number of anilines is 1. The first-order valence-corrected chi connectivity index (χ1v) is 9.53. The fourth-order valence-electron chi connectivity index (χ4n) is 3.19. The number of aromatic nitrogens is 1. The van der Waals surface area contributed by atoms with Crippen LogP contribution in [0, 0.1) is 11.6 Å². The van der Waals surface area contributed by atoms with Gasteiger partial charge in [0, 0.05) is 23.4 Å². The van der Waals surface area contributed by atoms with E-state index in [9.17, 15) is 18.4 Å². The quantitative estimate of drug-likeness (QED) is 0.789. The zero-order valence-corrected chi connectivity index (χ0v) is 15.4. The maximum Gasteiger partial charge on any atom is 0.240 e. The van der Waals surface area contributed by atoms with Crippen LogP contribution in [0.4, 0.5) is 13.9 Å². The number of primary amides is 1. The van der Waals surface area contributed by atoms with Gasteiger partial charge in [-0.1, -0.05) is 6.42 Å². The monoisotopic (exact) mass is 394 g/mol. The lowest BCUT2D eigenvalue weighted by Crippen LogP contribution is -2.45. The van der Waals surface area contributed by atoms with Crippen LogP contribution in [0.2, 0.25) is 0 Å². The summed E-state index contributed by atoms with van der Waals surface area (Å²) in [5.74, 6) is -2.48. The molecule has 27 heavy (non-hydrogen) atoms. The number of hydrogen-bond acceptors (Lipinski definition) is 5. The number of piperidine rings is 1. The molecular weight excluding hydrogens is 374 g/mol. The van der Waals surface area contributed by atoms with Crippen LogP contribution in [0.5, 0.6) is 0 Å². The van der Waals surface area contributed by atoms with Crippen LogP contribution in [0.3, 0.4) is 0 Å². The molecule has 1 fully saturated rings. The summed E-state index contributed by atoms with van der Waals surface area (Å²) in [6, 6.07) is 3.52. The minimum absolute atomic E-state index is 0.0175. The van der Waals surface area contributed by atoms with Crippen molar-refractivity contribution >= 4 is 28.3 Å². The average Bonchev–Trinajstić information content (AvgIpc) is 3.07. The summed E-state index contributed by atoms with van der Waals surface area (Å²) < 4.78 is 26.4. The molecule has 0 spiro atoms. The zero-order chi connectivity index (χ0) is 19.4. The van der Waals surface area contributed by atoms with Gasteiger partial charge in [-0.3, -0.25) is 14.5 Å². The number of amides is 2. The van der Waals surface area contributed by atoms with Crippen LogP contribution in [-0.4, -0.2) is 40.8 Å². The van der Waals surface area contributed by atoms with Gasteiger partial charge in [-0.15, -0.1) is 11.3 Å². The van der Waals surface area contributed by atoms with Crippen molar-refractivity contribution in [1.29, 1.82) is 0 Å². The van der Waals surface area contributed by atoms with E-state index in [0.717, 1.165) is 37.9 Å². The Morgan fingerprint density at radius 2 is 2.11 bits per heavy atom. The highest BCUT2D eigenvalue weighted by atomic mass is 32.1. The van der Waals surface area contributed by atoms with Gasteiger partial charge in [0.15, 0.2) is 16.8 Å². The van der Waals surface area contributed by atoms with E-state index in [1.165, 1.54) is 17.4 Å². The molecule has 6 nitrogen and oxygen atoms in total. The summed E-state index contributed by atoms with van der Waals surface area (Å²) in [6.07, 6.45) is 3.07. The number of benzene rings is 1. The highest BCUT2D eigenvalue weighted by molar-refractivity contribution is 7.14. The summed E-state index contributed by atoms with van der Waals surface area (Å²) in [4.78, 5) is 29.8. The largest absolute Gasteiger partial charge is 0.370 e. The van der Waals surface area contributed by atoms with Crippen molar-refractivity contribution in [3.05, 3.63) is 35.2 Å². The van der Waals surface area contributed by atoms with Gasteiger partial charge in [0.1, 0.15) is 0 Å². The second kappa shape index (κ2) is 8.53. The molecule has 144 valence electrons. The number of carbonyl (C=O) groups excluding carboxylic acids is 2. The van der Waals surface area contributed by atoms with E-state index in [1.807, 2.05) is 4.90 Å². The van der Waals surface area contributed by atoms with Gasteiger partial charge in [0.2, 0.25) is 11.8 Å². The summed E-state index contributed by atoms with van der Waals surface area (Å²) in [7, 11) is 0. The van der Waals surface area contributed by atoms with Gasteiger partial charge in [-0.25, -0.2) is 13.8 Å². The number of thiazole rings is 1. The standard InChI is InChI=1S/C18H20F2N4O2S/c19-13-5-4-11(7-14(13)20)15-10-27-18(22-15)23-17(26)9-24-6-2-1-3-12(24)8-16(21)25/h4-5,7,10,12H,1-3,6,8-9H2,(H2,21,25)(H,22,23,26). The molecule has 1 aliphatic rings. The number of nitrogens with one attached hydrogen (secondary N) is 1. The van der Waals surface area contributed by atoms with Gasteiger partial charge in [-0.05, 0) is 37.6 Å². The number of nitrogens with two attached hydrogens (primary N) is 1. The summed E-state index contributed by atoms with van der Waals surface area (Å²) in [6.45, 7) is 0.890. The molecule has 0 aliphatic carbocycles. The van der Waals surface area contributed by atoms with E-state index in [2.05, 4.69) is 10.3 Å². The van der Waals surface area contributed by atoms with Gasteiger partial charge in [0.25, 0.3) is 0 Å². The van der Waals surface area contributed by atoms with E-state index in [4.69, 9.17) is 5.73 Å². The van der Waals surface area contributed by atoms with E-state index in [1.54, 1.807) is 5.38 Å². The van der Waals surface area contributed by atoms with Crippen molar-refractivity contribution in [2.24, 2.45) is 5.73 Å². The van der Waals surface area contributed by atoms with Gasteiger partial charge in [0.05, 0.1) is 12.2 Å². The molecule has 2 aromatic rings. The molecule has 2 amide bonds. The second-order valence-corrected chi connectivity index (χ2v) is 7.36. The van der Waals surface area contributed by atoms with Crippen LogP contribution < -0.4 is 11.1 Å². The highest BCUT2D eigenvalue weighted by Crippen LogP contribution is 2.26. The zero-order valence-electron chi connectivity index (χ0n) is 14.6. The first-order valence-electron chi connectivity index (χ1n) is 8.65. The maximum atomic E-state index is 13.4. The summed E-state index contributed by atoms with van der Waals surface area (Å²) in [5, 5.41) is 4.77. The van der Waals surface area contributed by atoms with Crippen molar-refractivity contribution in [3.8, 4) is 11.3 Å². The lowest BCUT2D eigenvalue weighted by molar-refractivity contribution is -0.122. The number of rotatable bonds is 6. The third-order valence-corrected chi connectivity index (χ3v) is 5.26. The third kappa shape index (κ3) is 5.08. The van der Waals surface area contributed by atoms with E-state index < -0.39 is 11.6 Å². The number of likely N-dealkylation sites (tertiary alicyclic amines) is 1. The average molecular weight is 394 g/mol. The summed E-state index contributed by atoms with van der Waals surface area (Å²) >= 11 is 1.20. The van der Waals surface area contributed by atoms with Crippen molar-refractivity contribution in [3.63, 3.8) is 0 Å². The minimum Gasteiger partial charge on any atom is -0.370 e. The molecule has 1 atom stereocenters. The van der Waals surface area contributed by atoms with Crippen molar-refractivity contribution in [2.75, 3.05) is 18.4 Å². The van der Waals surface area contributed by atoms with E-state index in [-0.39, 0.29) is 30.8 Å². The third-order valence-electron chi connectivity index (χ3n) is 4.50. The fraction of sp³-hybridized carbons (Fsp3) is 0.389. The molecule has 1 saturated heterocycles. The van der Waals surface area contributed by atoms with Crippen LogP contribution in [0.1, 0.15) is 25.7 Å². The Hall–Kier alpha value is -2.39. The first kappa shape index (κ1) is 19.4. The smallest absolute Gasteiger partial charge is 0.240 e. The minimum atomic E-state index is -0.948. The van der Waals surface area contributed by atoms with Gasteiger partial charge >= 0.3 is 0 Å². The van der Waals surface area contributed by atoms with Crippen LogP contribution in [0.15, 0.2) is 23.6 Å². The Morgan fingerprint density at radius 1 is 1.30 bits per heavy atom. The van der Waals surface area contributed by atoms with Crippen molar-refractivity contribution in [2.45, 2.75) is 31.7 Å². The number of nitrogens with zero attached hydrogens (tertiary/aromatic N) is 2. The Morgan fingerprint density at radius 3 is 2.85 bits per heavy atom. The molecule has 1 unspecified atom stereocenters. The molecule has 3 N–H and O–H groups in total. The predicted molar refractivity (Wildman–Crippen MR) is 99.1 cm³/mol. The molecule has 1 aromatic carbocycles. The molecule has 3 rings (SSSR count). The van der Waals surface area contributed by atoms with Crippen LogP contribution in [-0.2, 0) is 9.59 Å². The van der Waals surface area contributed by atoms with E-state index >= 15 is 0 Å². The lowest BCUT2D eigenvalue weighted by Gasteiger charge is -2.34. The van der Waals surface area contributed by atoms with E-state index in [0.29, 0.717) is 16.4 Å². The van der Waals surface area contributed by atoms with Crippen molar-refractivity contribution < 1.29 is 18.4 Å². The SMILES string of the molecule is NC(=O)CC1CCCCN1CC(=O)Nc1nc(-c2ccc(F)c(F)c2)cs1. The lowest BCUT2D eigenvalue weighted by atomic mass is 9.99. The number of halogens is 2. The first-order chi connectivity index (χ1) is 12.9. The Labute approximate surface area is 159 Å². The molecular formula is C18H20F2N4O2S. The molecule has 1 aliphatic heterocycles. The topological polar surface area (TPSA) is 88.3 Å². The second-order valence-electron chi connectivity index (χ2n) is 6.51.